The van der Waals surface area contributed by atoms with Crippen LogP contribution in [0.1, 0.15) is 10.4 Å². The van der Waals surface area contributed by atoms with Gasteiger partial charge < -0.3 is 25.0 Å². The van der Waals surface area contributed by atoms with Crippen LogP contribution in [-0.2, 0) is 9.47 Å². The van der Waals surface area contributed by atoms with E-state index in [0.29, 0.717) is 27.4 Å². The van der Waals surface area contributed by atoms with Crippen LogP contribution in [0.25, 0.3) is 0 Å². The van der Waals surface area contributed by atoms with Gasteiger partial charge in [-0.1, -0.05) is 11.6 Å². The van der Waals surface area contributed by atoms with Crippen LogP contribution < -0.4 is 15.5 Å². The van der Waals surface area contributed by atoms with E-state index in [1.165, 1.54) is 24.6 Å². The van der Waals surface area contributed by atoms with E-state index in [-0.39, 0.29) is 0 Å². The number of nitrogens with zero attached hydrogens (tertiary/aromatic N) is 3. The molecule has 156 valence electrons. The van der Waals surface area contributed by atoms with Gasteiger partial charge in [-0.15, -0.1) is 11.3 Å². The standard InChI is InChI=1S/C20H20ClN5O3S/c1-28-19(27)15-6-11-30-18(15)24-17-16(21)12-22-20(25-17)23-13-2-4-14(5-3-13)26-7-9-29-10-8-26/h2-6,11-12H,7-10H2,1H3,(H2,22,23,24,25). The van der Waals surface area contributed by atoms with Crippen LogP contribution in [0.15, 0.2) is 41.9 Å². The first kappa shape index (κ1) is 20.4. The van der Waals surface area contributed by atoms with Gasteiger partial charge >= 0.3 is 5.97 Å². The predicted molar refractivity (Wildman–Crippen MR) is 119 cm³/mol. The van der Waals surface area contributed by atoms with Crippen LogP contribution in [0, 0.1) is 0 Å². The normalized spacial score (nSPS) is 13.7. The topological polar surface area (TPSA) is 88.6 Å². The lowest BCUT2D eigenvalue weighted by molar-refractivity contribution is 0.0602. The highest BCUT2D eigenvalue weighted by molar-refractivity contribution is 7.14. The number of ether oxygens (including phenoxy) is 2. The van der Waals surface area contributed by atoms with E-state index in [0.717, 1.165) is 37.7 Å². The van der Waals surface area contributed by atoms with Gasteiger partial charge in [0.15, 0.2) is 5.82 Å². The smallest absolute Gasteiger partial charge is 0.340 e. The highest BCUT2D eigenvalue weighted by Crippen LogP contribution is 2.31. The second-order valence-corrected chi connectivity index (χ2v) is 7.76. The molecule has 1 aliphatic heterocycles. The first-order valence-electron chi connectivity index (χ1n) is 9.29. The largest absolute Gasteiger partial charge is 0.465 e. The lowest BCUT2D eigenvalue weighted by Crippen LogP contribution is -2.36. The number of aromatic nitrogens is 2. The van der Waals surface area contributed by atoms with Crippen LogP contribution >= 0.6 is 22.9 Å². The predicted octanol–water partition coefficient (Wildman–Crippen LogP) is 4.30. The summed E-state index contributed by atoms with van der Waals surface area (Å²) in [5.41, 5.74) is 2.42. The number of esters is 1. The number of benzene rings is 1. The van der Waals surface area contributed by atoms with Crippen LogP contribution in [0.3, 0.4) is 0 Å². The van der Waals surface area contributed by atoms with E-state index < -0.39 is 5.97 Å². The maximum absolute atomic E-state index is 11.9. The summed E-state index contributed by atoms with van der Waals surface area (Å²) in [5.74, 6) is 0.353. The number of carbonyl (C=O) groups is 1. The molecule has 0 saturated carbocycles. The fourth-order valence-electron chi connectivity index (χ4n) is 3.01. The van der Waals surface area contributed by atoms with Crippen molar-refractivity contribution < 1.29 is 14.3 Å². The van der Waals surface area contributed by atoms with Gasteiger partial charge in [-0.2, -0.15) is 4.98 Å². The quantitative estimate of drug-likeness (QED) is 0.543. The van der Waals surface area contributed by atoms with Gasteiger partial charge in [0, 0.05) is 24.5 Å². The average molecular weight is 446 g/mol. The molecular formula is C20H20ClN5O3S. The summed E-state index contributed by atoms with van der Waals surface area (Å²) in [4.78, 5) is 22.8. The molecule has 3 heterocycles. The molecule has 2 N–H and O–H groups in total. The van der Waals surface area contributed by atoms with E-state index in [4.69, 9.17) is 21.1 Å². The Kier molecular flexibility index (Phi) is 6.32. The highest BCUT2D eigenvalue weighted by Gasteiger charge is 2.16. The van der Waals surface area contributed by atoms with E-state index >= 15 is 0 Å². The van der Waals surface area contributed by atoms with Crippen molar-refractivity contribution in [2.24, 2.45) is 0 Å². The molecule has 10 heteroatoms. The Hall–Kier alpha value is -2.88. The van der Waals surface area contributed by atoms with Gasteiger partial charge in [-0.3, -0.25) is 0 Å². The van der Waals surface area contributed by atoms with Crippen molar-refractivity contribution in [3.63, 3.8) is 0 Å². The van der Waals surface area contributed by atoms with E-state index in [9.17, 15) is 4.79 Å². The third-order valence-corrected chi connectivity index (χ3v) is 5.65. The Labute approximate surface area is 182 Å². The number of halogens is 1. The number of hydrogen-bond donors (Lipinski definition) is 2. The summed E-state index contributed by atoms with van der Waals surface area (Å²) in [6.45, 7) is 3.27. The van der Waals surface area contributed by atoms with Gasteiger partial charge in [0.2, 0.25) is 5.95 Å². The molecule has 0 radical (unpaired) electrons. The minimum absolute atomic E-state index is 0.340. The Bertz CT molecular complexity index is 1020. The summed E-state index contributed by atoms with van der Waals surface area (Å²) in [5, 5.41) is 9.00. The lowest BCUT2D eigenvalue weighted by Gasteiger charge is -2.28. The number of thiophene rings is 1. The Morgan fingerprint density at radius 1 is 1.20 bits per heavy atom. The van der Waals surface area contributed by atoms with Gasteiger partial charge in [-0.25, -0.2) is 9.78 Å². The molecule has 0 amide bonds. The molecular weight excluding hydrogens is 426 g/mol. The fraction of sp³-hybridized carbons (Fsp3) is 0.250. The summed E-state index contributed by atoms with van der Waals surface area (Å²) < 4.78 is 10.2. The third-order valence-electron chi connectivity index (χ3n) is 4.55. The van der Waals surface area contributed by atoms with E-state index in [1.54, 1.807) is 11.4 Å². The van der Waals surface area contributed by atoms with Gasteiger partial charge in [-0.05, 0) is 35.7 Å². The zero-order valence-corrected chi connectivity index (χ0v) is 17.8. The third kappa shape index (κ3) is 4.64. The molecule has 1 aromatic carbocycles. The SMILES string of the molecule is COC(=O)c1ccsc1Nc1nc(Nc2ccc(N3CCOCC3)cc2)ncc1Cl. The summed E-state index contributed by atoms with van der Waals surface area (Å²) >= 11 is 7.60. The molecule has 0 spiro atoms. The fourth-order valence-corrected chi connectivity index (χ4v) is 3.92. The molecule has 0 unspecified atom stereocenters. The van der Waals surface area contributed by atoms with Crippen molar-refractivity contribution in [3.8, 4) is 0 Å². The van der Waals surface area contributed by atoms with Crippen LogP contribution in [0.5, 0.6) is 0 Å². The average Bonchev–Trinajstić information content (AvgIpc) is 3.25. The van der Waals surface area contributed by atoms with Crippen molar-refractivity contribution in [2.75, 3.05) is 48.9 Å². The van der Waals surface area contributed by atoms with Crippen molar-refractivity contribution >= 4 is 57.0 Å². The molecule has 3 aromatic rings. The maximum Gasteiger partial charge on any atom is 0.340 e. The highest BCUT2D eigenvalue weighted by atomic mass is 35.5. The number of anilines is 5. The van der Waals surface area contributed by atoms with Gasteiger partial charge in [0.05, 0.1) is 32.1 Å². The van der Waals surface area contributed by atoms with E-state index in [2.05, 4.69) is 37.6 Å². The van der Waals surface area contributed by atoms with Crippen molar-refractivity contribution in [1.82, 2.24) is 9.97 Å². The van der Waals surface area contributed by atoms with Crippen LogP contribution in [-0.4, -0.2) is 49.4 Å². The van der Waals surface area contributed by atoms with Crippen molar-refractivity contribution in [3.05, 3.63) is 52.5 Å². The second kappa shape index (κ2) is 9.29. The molecule has 2 aromatic heterocycles. The maximum atomic E-state index is 11.9. The minimum atomic E-state index is -0.428. The number of carbonyl (C=O) groups excluding carboxylic acids is 1. The Morgan fingerprint density at radius 2 is 1.97 bits per heavy atom. The van der Waals surface area contributed by atoms with Crippen LogP contribution in [0.4, 0.5) is 28.1 Å². The molecule has 1 fully saturated rings. The number of nitrogens with one attached hydrogen (secondary N) is 2. The van der Waals surface area contributed by atoms with Crippen LogP contribution in [0.2, 0.25) is 5.02 Å². The van der Waals surface area contributed by atoms with Gasteiger partial charge in [0.25, 0.3) is 0 Å². The minimum Gasteiger partial charge on any atom is -0.465 e. The summed E-state index contributed by atoms with van der Waals surface area (Å²) in [7, 11) is 1.34. The monoisotopic (exact) mass is 445 g/mol. The van der Waals surface area contributed by atoms with Crippen molar-refractivity contribution in [1.29, 1.82) is 0 Å². The Balaban J connectivity index is 1.48. The Morgan fingerprint density at radius 3 is 2.70 bits per heavy atom. The molecule has 0 atom stereocenters. The lowest BCUT2D eigenvalue weighted by atomic mass is 10.2. The number of methoxy groups -OCH3 is 1. The van der Waals surface area contributed by atoms with Gasteiger partial charge in [0.1, 0.15) is 10.0 Å². The summed E-state index contributed by atoms with van der Waals surface area (Å²) in [6, 6.07) is 9.74. The molecule has 0 bridgehead atoms. The van der Waals surface area contributed by atoms with E-state index in [1.807, 2.05) is 12.1 Å². The molecule has 1 saturated heterocycles. The zero-order chi connectivity index (χ0) is 20.9. The number of hydrogen-bond acceptors (Lipinski definition) is 9. The van der Waals surface area contributed by atoms with Crippen molar-refractivity contribution in [2.45, 2.75) is 0 Å². The molecule has 8 nitrogen and oxygen atoms in total. The first-order chi connectivity index (χ1) is 14.6. The molecule has 4 rings (SSSR count). The number of morpholine rings is 1. The first-order valence-corrected chi connectivity index (χ1v) is 10.5. The second-order valence-electron chi connectivity index (χ2n) is 6.44. The molecule has 1 aliphatic rings. The molecule has 0 aliphatic carbocycles. The molecule has 30 heavy (non-hydrogen) atoms. The number of rotatable bonds is 6. The zero-order valence-electron chi connectivity index (χ0n) is 16.2. The summed E-state index contributed by atoms with van der Waals surface area (Å²) in [6.07, 6.45) is 1.51.